The van der Waals surface area contributed by atoms with Crippen LogP contribution in [0.3, 0.4) is 0 Å². The Morgan fingerprint density at radius 1 is 1.36 bits per heavy atom. The van der Waals surface area contributed by atoms with Gasteiger partial charge in [-0.15, -0.1) is 24.0 Å². The summed E-state index contributed by atoms with van der Waals surface area (Å²) >= 11 is 0. The van der Waals surface area contributed by atoms with E-state index in [0.717, 1.165) is 25.3 Å². The van der Waals surface area contributed by atoms with E-state index in [0.29, 0.717) is 18.1 Å². The number of hydrogen-bond donors (Lipinski definition) is 2. The van der Waals surface area contributed by atoms with Crippen LogP contribution in [0.4, 0.5) is 8.78 Å². The topological polar surface area (TPSA) is 54.9 Å². The largest absolute Gasteiger partial charge is 0.434 e. The fourth-order valence-electron chi connectivity index (χ4n) is 2.40. The van der Waals surface area contributed by atoms with Crippen LogP contribution in [-0.4, -0.2) is 38.9 Å². The summed E-state index contributed by atoms with van der Waals surface area (Å²) in [6.45, 7) is 6.34. The van der Waals surface area contributed by atoms with Crippen molar-refractivity contribution in [3.8, 4) is 5.75 Å². The fourth-order valence-corrected chi connectivity index (χ4v) is 2.40. The summed E-state index contributed by atoms with van der Waals surface area (Å²) in [5, 5.41) is 6.44. The molecule has 1 aromatic carbocycles. The Morgan fingerprint density at radius 2 is 2.08 bits per heavy atom. The van der Waals surface area contributed by atoms with Crippen molar-refractivity contribution in [3.63, 3.8) is 0 Å². The fraction of sp³-hybridized carbons (Fsp3) is 0.588. The quantitative estimate of drug-likeness (QED) is 0.366. The Kier molecular flexibility index (Phi) is 8.84. The van der Waals surface area contributed by atoms with Gasteiger partial charge in [-0.05, 0) is 19.9 Å². The molecule has 1 saturated heterocycles. The van der Waals surface area contributed by atoms with E-state index in [1.165, 1.54) is 0 Å². The molecule has 1 aliphatic heterocycles. The van der Waals surface area contributed by atoms with Crippen LogP contribution in [0.5, 0.6) is 5.75 Å². The second-order valence-corrected chi connectivity index (χ2v) is 6.34. The number of aryl methyl sites for hydroxylation is 1. The average Bonchev–Trinajstić information content (AvgIpc) is 2.50. The molecule has 2 rings (SSSR count). The first kappa shape index (κ1) is 21.9. The molecule has 1 fully saturated rings. The van der Waals surface area contributed by atoms with Crippen LogP contribution in [0.2, 0.25) is 0 Å². The minimum atomic E-state index is -2.85. The van der Waals surface area contributed by atoms with E-state index in [2.05, 4.69) is 27.3 Å². The van der Waals surface area contributed by atoms with E-state index in [9.17, 15) is 8.78 Å². The molecule has 0 unspecified atom stereocenters. The van der Waals surface area contributed by atoms with E-state index in [1.807, 2.05) is 19.9 Å². The molecule has 0 bridgehead atoms. The van der Waals surface area contributed by atoms with Crippen LogP contribution >= 0.6 is 24.0 Å². The smallest absolute Gasteiger partial charge is 0.387 e. The highest BCUT2D eigenvalue weighted by Gasteiger charge is 2.33. The number of ether oxygens (including phenoxy) is 2. The van der Waals surface area contributed by atoms with Crippen LogP contribution in [0.1, 0.15) is 25.0 Å². The number of nitrogens with one attached hydrogen (secondary N) is 2. The zero-order valence-corrected chi connectivity index (χ0v) is 17.1. The molecule has 1 heterocycles. The molecule has 0 spiro atoms. The SMILES string of the molecule is CCNC(=NCc1cc(C)ccc1OC(F)F)NCC1(C)COC1.I. The maximum absolute atomic E-state index is 12.5. The number of nitrogens with zero attached hydrogens (tertiary/aromatic N) is 1. The molecule has 0 atom stereocenters. The van der Waals surface area contributed by atoms with Crippen LogP contribution in [0.15, 0.2) is 23.2 Å². The standard InChI is InChI=1S/C17H25F2N3O2.HI/c1-4-20-16(22-9-17(3)10-23-11-17)21-8-13-7-12(2)5-6-14(13)24-15(18)19;/h5-7,15H,4,8-11H2,1-3H3,(H2,20,21,22);1H. The highest BCUT2D eigenvalue weighted by atomic mass is 127. The Morgan fingerprint density at radius 3 is 2.64 bits per heavy atom. The number of benzene rings is 1. The summed E-state index contributed by atoms with van der Waals surface area (Å²) in [4.78, 5) is 4.48. The Hall–Kier alpha value is -1.16. The van der Waals surface area contributed by atoms with Gasteiger partial charge in [0.1, 0.15) is 5.75 Å². The van der Waals surface area contributed by atoms with Crippen molar-refractivity contribution in [2.24, 2.45) is 10.4 Å². The summed E-state index contributed by atoms with van der Waals surface area (Å²) in [7, 11) is 0. The van der Waals surface area contributed by atoms with Gasteiger partial charge in [-0.2, -0.15) is 8.78 Å². The lowest BCUT2D eigenvalue weighted by molar-refractivity contribution is -0.0971. The van der Waals surface area contributed by atoms with Crippen LogP contribution < -0.4 is 15.4 Å². The molecule has 0 saturated carbocycles. The first-order valence-corrected chi connectivity index (χ1v) is 8.06. The summed E-state index contributed by atoms with van der Waals surface area (Å²) in [5.74, 6) is 0.810. The zero-order chi connectivity index (χ0) is 17.6. The van der Waals surface area contributed by atoms with E-state index in [-0.39, 0.29) is 41.7 Å². The van der Waals surface area contributed by atoms with Gasteiger partial charge in [0.2, 0.25) is 0 Å². The molecule has 0 aliphatic carbocycles. The first-order chi connectivity index (χ1) is 11.4. The number of hydrogen-bond acceptors (Lipinski definition) is 3. The second-order valence-electron chi connectivity index (χ2n) is 6.34. The lowest BCUT2D eigenvalue weighted by Crippen LogP contribution is -2.51. The summed E-state index contributed by atoms with van der Waals surface area (Å²) in [6, 6.07) is 5.11. The predicted molar refractivity (Wildman–Crippen MR) is 105 cm³/mol. The number of aliphatic imine (C=N–C) groups is 1. The summed E-state index contributed by atoms with van der Waals surface area (Å²) in [6.07, 6.45) is 0. The van der Waals surface area contributed by atoms with Crippen LogP contribution in [-0.2, 0) is 11.3 Å². The Labute approximate surface area is 164 Å². The number of guanidine groups is 1. The molecule has 0 aromatic heterocycles. The molecule has 1 aromatic rings. The van der Waals surface area contributed by atoms with E-state index in [4.69, 9.17) is 4.74 Å². The maximum atomic E-state index is 12.5. The molecule has 142 valence electrons. The number of alkyl halides is 2. The van der Waals surface area contributed by atoms with Gasteiger partial charge in [0.25, 0.3) is 0 Å². The van der Waals surface area contributed by atoms with Crippen molar-refractivity contribution in [1.29, 1.82) is 0 Å². The Bertz CT molecular complexity index is 581. The maximum Gasteiger partial charge on any atom is 0.387 e. The summed E-state index contributed by atoms with van der Waals surface area (Å²) in [5.41, 5.74) is 1.72. The summed E-state index contributed by atoms with van der Waals surface area (Å²) < 4.78 is 34.9. The van der Waals surface area contributed by atoms with Gasteiger partial charge in [0.05, 0.1) is 19.8 Å². The zero-order valence-electron chi connectivity index (χ0n) is 14.8. The minimum absolute atomic E-state index is 0. The van der Waals surface area contributed by atoms with E-state index in [1.54, 1.807) is 12.1 Å². The molecule has 2 N–H and O–H groups in total. The highest BCUT2D eigenvalue weighted by Crippen LogP contribution is 2.25. The first-order valence-electron chi connectivity index (χ1n) is 8.06. The van der Waals surface area contributed by atoms with Gasteiger partial charge in [-0.25, -0.2) is 4.99 Å². The number of rotatable bonds is 7. The van der Waals surface area contributed by atoms with Gasteiger partial charge < -0.3 is 20.1 Å². The van der Waals surface area contributed by atoms with Gasteiger partial charge in [-0.3, -0.25) is 0 Å². The van der Waals surface area contributed by atoms with Gasteiger partial charge in [0.15, 0.2) is 5.96 Å². The molecular formula is C17H26F2IN3O2. The third-order valence-corrected chi connectivity index (χ3v) is 3.77. The lowest BCUT2D eigenvalue weighted by atomic mass is 9.89. The normalized spacial score (nSPS) is 16.0. The molecule has 0 radical (unpaired) electrons. The van der Waals surface area contributed by atoms with Crippen molar-refractivity contribution in [3.05, 3.63) is 29.3 Å². The van der Waals surface area contributed by atoms with Crippen LogP contribution in [0, 0.1) is 12.3 Å². The lowest BCUT2D eigenvalue weighted by Gasteiger charge is -2.38. The minimum Gasteiger partial charge on any atom is -0.434 e. The van der Waals surface area contributed by atoms with Crippen molar-refractivity contribution >= 4 is 29.9 Å². The number of halogens is 3. The van der Waals surface area contributed by atoms with E-state index >= 15 is 0 Å². The average molecular weight is 469 g/mol. The second kappa shape index (κ2) is 10.1. The third kappa shape index (κ3) is 6.93. The van der Waals surface area contributed by atoms with Gasteiger partial charge >= 0.3 is 6.61 Å². The molecule has 8 heteroatoms. The molecule has 1 aliphatic rings. The third-order valence-electron chi connectivity index (χ3n) is 3.77. The predicted octanol–water partition coefficient (Wildman–Crippen LogP) is 3.31. The molecular weight excluding hydrogens is 443 g/mol. The van der Waals surface area contributed by atoms with Crippen molar-refractivity contribution in [1.82, 2.24) is 10.6 Å². The van der Waals surface area contributed by atoms with E-state index < -0.39 is 6.61 Å². The van der Waals surface area contributed by atoms with Gasteiger partial charge in [0, 0.05) is 24.1 Å². The Balaban J connectivity index is 0.00000312. The van der Waals surface area contributed by atoms with Crippen molar-refractivity contribution in [2.75, 3.05) is 26.3 Å². The van der Waals surface area contributed by atoms with Crippen LogP contribution in [0.25, 0.3) is 0 Å². The molecule has 5 nitrogen and oxygen atoms in total. The highest BCUT2D eigenvalue weighted by molar-refractivity contribution is 14.0. The molecule has 25 heavy (non-hydrogen) atoms. The van der Waals surface area contributed by atoms with Crippen molar-refractivity contribution < 1.29 is 18.3 Å². The monoisotopic (exact) mass is 469 g/mol. The van der Waals surface area contributed by atoms with Gasteiger partial charge in [-0.1, -0.05) is 24.6 Å². The molecule has 0 amide bonds. The van der Waals surface area contributed by atoms with Crippen molar-refractivity contribution in [2.45, 2.75) is 33.9 Å².